The van der Waals surface area contributed by atoms with E-state index < -0.39 is 0 Å². The summed E-state index contributed by atoms with van der Waals surface area (Å²) in [5, 5.41) is 11.2. The summed E-state index contributed by atoms with van der Waals surface area (Å²) in [6.07, 6.45) is 0. The van der Waals surface area contributed by atoms with Gasteiger partial charge in [-0.15, -0.1) is 10.2 Å². The number of rotatable bonds is 7. The van der Waals surface area contributed by atoms with Gasteiger partial charge in [-0.05, 0) is 12.1 Å². The van der Waals surface area contributed by atoms with Crippen LogP contribution in [0.2, 0.25) is 0 Å². The SMILES string of the molecule is COCCNCc1nnc(-c2ccccc2OC)o1. The Bertz CT molecular complexity index is 513. The maximum atomic E-state index is 5.59. The molecule has 0 saturated carbocycles. The quantitative estimate of drug-likeness (QED) is 0.763. The largest absolute Gasteiger partial charge is 0.496 e. The van der Waals surface area contributed by atoms with Gasteiger partial charge in [0.1, 0.15) is 5.75 Å². The van der Waals surface area contributed by atoms with Crippen LogP contribution in [-0.4, -0.2) is 37.6 Å². The first-order chi connectivity index (χ1) is 9.35. The molecule has 102 valence electrons. The molecule has 1 heterocycles. The fraction of sp³-hybridized carbons (Fsp3) is 0.385. The van der Waals surface area contributed by atoms with Crippen LogP contribution in [0.25, 0.3) is 11.5 Å². The number of benzene rings is 1. The minimum absolute atomic E-state index is 0.459. The standard InChI is InChI=1S/C13H17N3O3/c1-17-8-7-14-9-12-15-16-13(19-12)10-5-3-4-6-11(10)18-2/h3-6,14H,7-9H2,1-2H3. The van der Waals surface area contributed by atoms with E-state index in [1.807, 2.05) is 24.3 Å². The summed E-state index contributed by atoms with van der Waals surface area (Å²) >= 11 is 0. The zero-order chi connectivity index (χ0) is 13.5. The highest BCUT2D eigenvalue weighted by atomic mass is 16.5. The lowest BCUT2D eigenvalue weighted by atomic mass is 10.2. The van der Waals surface area contributed by atoms with Crippen LogP contribution in [0, 0.1) is 0 Å². The van der Waals surface area contributed by atoms with Gasteiger partial charge in [0.25, 0.3) is 5.89 Å². The fourth-order valence-electron chi connectivity index (χ4n) is 1.62. The van der Waals surface area contributed by atoms with Gasteiger partial charge in [-0.25, -0.2) is 0 Å². The second-order valence-corrected chi connectivity index (χ2v) is 3.87. The van der Waals surface area contributed by atoms with Gasteiger partial charge in [0, 0.05) is 13.7 Å². The lowest BCUT2D eigenvalue weighted by Crippen LogP contribution is -2.18. The Labute approximate surface area is 111 Å². The van der Waals surface area contributed by atoms with Crippen molar-refractivity contribution in [2.75, 3.05) is 27.4 Å². The third-order valence-corrected chi connectivity index (χ3v) is 2.56. The van der Waals surface area contributed by atoms with Gasteiger partial charge in [0.15, 0.2) is 0 Å². The van der Waals surface area contributed by atoms with Crippen LogP contribution >= 0.6 is 0 Å². The van der Waals surface area contributed by atoms with Gasteiger partial charge in [-0.3, -0.25) is 0 Å². The monoisotopic (exact) mass is 263 g/mol. The molecule has 0 spiro atoms. The predicted molar refractivity (Wildman–Crippen MR) is 69.9 cm³/mol. The Hall–Kier alpha value is -1.92. The average Bonchev–Trinajstić information content (AvgIpc) is 2.92. The second kappa shape index (κ2) is 6.86. The van der Waals surface area contributed by atoms with E-state index in [1.54, 1.807) is 14.2 Å². The lowest BCUT2D eigenvalue weighted by molar-refractivity contribution is 0.198. The van der Waals surface area contributed by atoms with Crippen LogP contribution in [0.4, 0.5) is 0 Å². The number of ether oxygens (including phenoxy) is 2. The number of hydrogen-bond donors (Lipinski definition) is 1. The van der Waals surface area contributed by atoms with E-state index in [2.05, 4.69) is 15.5 Å². The summed E-state index contributed by atoms with van der Waals surface area (Å²) in [6.45, 7) is 1.90. The highest BCUT2D eigenvalue weighted by molar-refractivity contribution is 5.62. The number of methoxy groups -OCH3 is 2. The fourth-order valence-corrected chi connectivity index (χ4v) is 1.62. The molecule has 19 heavy (non-hydrogen) atoms. The van der Waals surface area contributed by atoms with Crippen molar-refractivity contribution >= 4 is 0 Å². The van der Waals surface area contributed by atoms with Crippen molar-refractivity contribution in [2.45, 2.75) is 6.54 Å². The molecular weight excluding hydrogens is 246 g/mol. The molecule has 1 aromatic heterocycles. The molecule has 0 aliphatic heterocycles. The summed E-state index contributed by atoms with van der Waals surface area (Å²) < 4.78 is 15.8. The summed E-state index contributed by atoms with van der Waals surface area (Å²) in [5.74, 6) is 1.71. The molecule has 6 heteroatoms. The Morgan fingerprint density at radius 3 is 2.84 bits per heavy atom. The van der Waals surface area contributed by atoms with Crippen LogP contribution in [0.3, 0.4) is 0 Å². The zero-order valence-corrected chi connectivity index (χ0v) is 11.0. The van der Waals surface area contributed by atoms with E-state index in [9.17, 15) is 0 Å². The van der Waals surface area contributed by atoms with Crippen LogP contribution < -0.4 is 10.1 Å². The van der Waals surface area contributed by atoms with Crippen molar-refractivity contribution < 1.29 is 13.9 Å². The first kappa shape index (κ1) is 13.5. The summed E-state index contributed by atoms with van der Waals surface area (Å²) in [7, 11) is 3.27. The molecular formula is C13H17N3O3. The zero-order valence-electron chi connectivity index (χ0n) is 11.0. The first-order valence-corrected chi connectivity index (χ1v) is 6.00. The Kier molecular flexibility index (Phi) is 4.88. The van der Waals surface area contributed by atoms with Crippen LogP contribution in [0.15, 0.2) is 28.7 Å². The summed E-state index contributed by atoms with van der Waals surface area (Å²) in [4.78, 5) is 0. The van der Waals surface area contributed by atoms with Crippen molar-refractivity contribution in [3.05, 3.63) is 30.2 Å². The molecule has 0 bridgehead atoms. The van der Waals surface area contributed by atoms with Gasteiger partial charge in [0.05, 0.1) is 25.8 Å². The number of aromatic nitrogens is 2. The van der Waals surface area contributed by atoms with E-state index in [0.29, 0.717) is 30.7 Å². The predicted octanol–water partition coefficient (Wildman–Crippen LogP) is 1.48. The van der Waals surface area contributed by atoms with Gasteiger partial charge >= 0.3 is 0 Å². The third kappa shape index (κ3) is 3.52. The average molecular weight is 263 g/mol. The van der Waals surface area contributed by atoms with Crippen LogP contribution in [0.5, 0.6) is 5.75 Å². The molecule has 0 aliphatic rings. The van der Waals surface area contributed by atoms with E-state index >= 15 is 0 Å². The number of nitrogens with one attached hydrogen (secondary N) is 1. The van der Waals surface area contributed by atoms with Crippen molar-refractivity contribution in [1.82, 2.24) is 15.5 Å². The Morgan fingerprint density at radius 2 is 2.05 bits per heavy atom. The van der Waals surface area contributed by atoms with E-state index in [1.165, 1.54) is 0 Å². The number of hydrogen-bond acceptors (Lipinski definition) is 6. The van der Waals surface area contributed by atoms with Crippen molar-refractivity contribution in [2.24, 2.45) is 0 Å². The molecule has 0 atom stereocenters. The minimum Gasteiger partial charge on any atom is -0.496 e. The third-order valence-electron chi connectivity index (χ3n) is 2.56. The Morgan fingerprint density at radius 1 is 1.21 bits per heavy atom. The number of nitrogens with zero attached hydrogens (tertiary/aromatic N) is 2. The van der Waals surface area contributed by atoms with Gasteiger partial charge in [0.2, 0.25) is 5.89 Å². The van der Waals surface area contributed by atoms with Gasteiger partial charge in [-0.2, -0.15) is 0 Å². The summed E-state index contributed by atoms with van der Waals surface area (Å²) in [5.41, 5.74) is 0.792. The van der Waals surface area contributed by atoms with Gasteiger partial charge in [-0.1, -0.05) is 12.1 Å². The molecule has 2 rings (SSSR count). The molecule has 1 N–H and O–H groups in total. The lowest BCUT2D eigenvalue weighted by Gasteiger charge is -2.03. The van der Waals surface area contributed by atoms with Crippen LogP contribution in [-0.2, 0) is 11.3 Å². The maximum Gasteiger partial charge on any atom is 0.251 e. The highest BCUT2D eigenvalue weighted by Gasteiger charge is 2.12. The van der Waals surface area contributed by atoms with Crippen molar-refractivity contribution in [1.29, 1.82) is 0 Å². The smallest absolute Gasteiger partial charge is 0.251 e. The number of para-hydroxylation sites is 1. The maximum absolute atomic E-state index is 5.59. The molecule has 0 amide bonds. The van der Waals surface area contributed by atoms with E-state index in [4.69, 9.17) is 13.9 Å². The molecule has 1 aromatic carbocycles. The molecule has 0 radical (unpaired) electrons. The van der Waals surface area contributed by atoms with Crippen LogP contribution in [0.1, 0.15) is 5.89 Å². The molecule has 0 fully saturated rings. The Balaban J connectivity index is 2.04. The summed E-state index contributed by atoms with van der Waals surface area (Å²) in [6, 6.07) is 7.54. The second-order valence-electron chi connectivity index (χ2n) is 3.87. The molecule has 2 aromatic rings. The molecule has 6 nitrogen and oxygen atoms in total. The first-order valence-electron chi connectivity index (χ1n) is 6.00. The molecule has 0 unspecified atom stereocenters. The topological polar surface area (TPSA) is 69.4 Å². The highest BCUT2D eigenvalue weighted by Crippen LogP contribution is 2.28. The van der Waals surface area contributed by atoms with Gasteiger partial charge < -0.3 is 19.2 Å². The molecule has 0 aliphatic carbocycles. The van der Waals surface area contributed by atoms with Crippen molar-refractivity contribution in [3.63, 3.8) is 0 Å². The van der Waals surface area contributed by atoms with E-state index in [0.717, 1.165) is 12.1 Å². The molecule has 0 saturated heterocycles. The van der Waals surface area contributed by atoms with E-state index in [-0.39, 0.29) is 0 Å². The minimum atomic E-state index is 0.459. The normalized spacial score (nSPS) is 10.6. The van der Waals surface area contributed by atoms with Crippen molar-refractivity contribution in [3.8, 4) is 17.2 Å².